The molecule has 4 nitrogen and oxygen atoms in total. The van der Waals surface area contributed by atoms with E-state index in [1.165, 1.54) is 0 Å². The van der Waals surface area contributed by atoms with Gasteiger partial charge in [-0.25, -0.2) is 13.1 Å². The minimum atomic E-state index is -3.44. The molecule has 0 aromatic heterocycles. The first-order valence-corrected chi connectivity index (χ1v) is 8.24. The molecule has 0 radical (unpaired) electrons. The second-order valence-corrected chi connectivity index (χ2v) is 6.72. The largest absolute Gasteiger partial charge is 0.324 e. The summed E-state index contributed by atoms with van der Waals surface area (Å²) in [4.78, 5) is 0.289. The summed E-state index contributed by atoms with van der Waals surface area (Å²) < 4.78 is 27.0. The Kier molecular flexibility index (Phi) is 5.97. The summed E-state index contributed by atoms with van der Waals surface area (Å²) in [6, 6.07) is 6.74. The fraction of sp³-hybridized carbons (Fsp3) is 0.571. The van der Waals surface area contributed by atoms with Crippen LogP contribution < -0.4 is 10.5 Å². The van der Waals surface area contributed by atoms with Crippen molar-refractivity contribution in [3.63, 3.8) is 0 Å². The minimum absolute atomic E-state index is 0.121. The molecular weight excluding hydrogens is 260 g/mol. The SMILES string of the molecule is CCC(C)CNS(=O)(=O)c1cccc(C(N)CC)c1. The van der Waals surface area contributed by atoms with Crippen molar-refractivity contribution in [3.05, 3.63) is 29.8 Å². The summed E-state index contributed by atoms with van der Waals surface area (Å²) in [5.41, 5.74) is 6.79. The second kappa shape index (κ2) is 7.03. The van der Waals surface area contributed by atoms with E-state index in [0.29, 0.717) is 12.5 Å². The van der Waals surface area contributed by atoms with Crippen molar-refractivity contribution in [2.75, 3.05) is 6.54 Å². The second-order valence-electron chi connectivity index (χ2n) is 4.95. The molecule has 0 aliphatic carbocycles. The summed E-state index contributed by atoms with van der Waals surface area (Å²) in [6.07, 6.45) is 1.73. The molecule has 3 N–H and O–H groups in total. The Morgan fingerprint density at radius 3 is 2.53 bits per heavy atom. The van der Waals surface area contributed by atoms with Gasteiger partial charge in [-0.1, -0.05) is 39.3 Å². The maximum atomic E-state index is 12.2. The molecule has 0 aliphatic rings. The van der Waals surface area contributed by atoms with Crippen LogP contribution in [-0.2, 0) is 10.0 Å². The smallest absolute Gasteiger partial charge is 0.240 e. The van der Waals surface area contributed by atoms with Crippen molar-refractivity contribution >= 4 is 10.0 Å². The number of nitrogens with one attached hydrogen (secondary N) is 1. The van der Waals surface area contributed by atoms with Gasteiger partial charge >= 0.3 is 0 Å². The van der Waals surface area contributed by atoms with Crippen molar-refractivity contribution in [2.24, 2.45) is 11.7 Å². The standard InChI is InChI=1S/C14H24N2O2S/c1-4-11(3)10-16-19(17,18)13-8-6-7-12(9-13)14(15)5-2/h6-9,11,14,16H,4-5,10,15H2,1-3H3. The van der Waals surface area contributed by atoms with Gasteiger partial charge < -0.3 is 5.73 Å². The van der Waals surface area contributed by atoms with Crippen LogP contribution >= 0.6 is 0 Å². The third kappa shape index (κ3) is 4.60. The Balaban J connectivity index is 2.89. The molecule has 1 rings (SSSR count). The van der Waals surface area contributed by atoms with Crippen molar-refractivity contribution < 1.29 is 8.42 Å². The topological polar surface area (TPSA) is 72.2 Å². The third-order valence-corrected chi connectivity index (χ3v) is 4.78. The Labute approximate surface area is 116 Å². The Morgan fingerprint density at radius 2 is 1.95 bits per heavy atom. The van der Waals surface area contributed by atoms with Crippen molar-refractivity contribution in [2.45, 2.75) is 44.6 Å². The number of benzene rings is 1. The van der Waals surface area contributed by atoms with Gasteiger partial charge in [0.2, 0.25) is 10.0 Å². The molecule has 108 valence electrons. The van der Waals surface area contributed by atoms with Gasteiger partial charge in [0.05, 0.1) is 4.90 Å². The maximum absolute atomic E-state index is 12.2. The molecule has 5 heteroatoms. The van der Waals surface area contributed by atoms with E-state index in [4.69, 9.17) is 5.73 Å². The maximum Gasteiger partial charge on any atom is 0.240 e. The van der Waals surface area contributed by atoms with E-state index in [0.717, 1.165) is 18.4 Å². The van der Waals surface area contributed by atoms with Crippen LogP contribution in [-0.4, -0.2) is 15.0 Å². The van der Waals surface area contributed by atoms with Crippen LogP contribution in [0.3, 0.4) is 0 Å². The van der Waals surface area contributed by atoms with Crippen LogP contribution in [0.5, 0.6) is 0 Å². The Hall–Kier alpha value is -0.910. The highest BCUT2D eigenvalue weighted by molar-refractivity contribution is 7.89. The van der Waals surface area contributed by atoms with Gasteiger partial charge in [0.1, 0.15) is 0 Å². The predicted molar refractivity (Wildman–Crippen MR) is 78.3 cm³/mol. The van der Waals surface area contributed by atoms with Crippen molar-refractivity contribution in [1.29, 1.82) is 0 Å². The van der Waals surface area contributed by atoms with Gasteiger partial charge in [-0.3, -0.25) is 0 Å². The number of hydrogen-bond donors (Lipinski definition) is 2. The monoisotopic (exact) mass is 284 g/mol. The number of hydrogen-bond acceptors (Lipinski definition) is 3. The molecule has 0 fully saturated rings. The highest BCUT2D eigenvalue weighted by atomic mass is 32.2. The lowest BCUT2D eigenvalue weighted by molar-refractivity contribution is 0.528. The van der Waals surface area contributed by atoms with Crippen LogP contribution in [0.25, 0.3) is 0 Å². The first kappa shape index (κ1) is 16.1. The third-order valence-electron chi connectivity index (χ3n) is 3.36. The molecule has 0 saturated carbocycles. The molecule has 19 heavy (non-hydrogen) atoms. The number of rotatable bonds is 7. The molecule has 0 bridgehead atoms. The predicted octanol–water partition coefficient (Wildman–Crippen LogP) is 2.42. The number of nitrogens with two attached hydrogens (primary N) is 1. The summed E-state index contributed by atoms with van der Waals surface area (Å²) >= 11 is 0. The van der Waals surface area contributed by atoms with Gasteiger partial charge in [-0.2, -0.15) is 0 Å². The van der Waals surface area contributed by atoms with Crippen LogP contribution in [0.4, 0.5) is 0 Å². The summed E-state index contributed by atoms with van der Waals surface area (Å²) in [5, 5.41) is 0. The zero-order valence-electron chi connectivity index (χ0n) is 11.9. The molecule has 0 amide bonds. The Bertz CT molecular complexity index is 500. The lowest BCUT2D eigenvalue weighted by Gasteiger charge is -2.13. The van der Waals surface area contributed by atoms with E-state index in [2.05, 4.69) is 4.72 Å². The molecule has 0 aliphatic heterocycles. The molecule has 0 saturated heterocycles. The summed E-state index contributed by atoms with van der Waals surface area (Å²) in [5.74, 6) is 0.329. The number of sulfonamides is 1. The van der Waals surface area contributed by atoms with Gasteiger partial charge in [0.15, 0.2) is 0 Å². The van der Waals surface area contributed by atoms with Crippen LogP contribution in [0.15, 0.2) is 29.2 Å². The van der Waals surface area contributed by atoms with E-state index in [9.17, 15) is 8.42 Å². The van der Waals surface area contributed by atoms with Crippen LogP contribution in [0.2, 0.25) is 0 Å². The molecule has 2 unspecified atom stereocenters. The molecule has 0 heterocycles. The first-order valence-electron chi connectivity index (χ1n) is 6.75. The van der Waals surface area contributed by atoms with Gasteiger partial charge in [0.25, 0.3) is 0 Å². The fourth-order valence-corrected chi connectivity index (χ4v) is 2.85. The molecule has 1 aromatic carbocycles. The minimum Gasteiger partial charge on any atom is -0.324 e. The zero-order chi connectivity index (χ0) is 14.5. The van der Waals surface area contributed by atoms with Crippen LogP contribution in [0, 0.1) is 5.92 Å². The summed E-state index contributed by atoms with van der Waals surface area (Å²) in [6.45, 7) is 6.50. The van der Waals surface area contributed by atoms with E-state index >= 15 is 0 Å². The Morgan fingerprint density at radius 1 is 1.26 bits per heavy atom. The lowest BCUT2D eigenvalue weighted by atomic mass is 10.1. The summed E-state index contributed by atoms with van der Waals surface area (Å²) in [7, 11) is -3.44. The average molecular weight is 284 g/mol. The molecule has 2 atom stereocenters. The quantitative estimate of drug-likeness (QED) is 0.807. The van der Waals surface area contributed by atoms with E-state index < -0.39 is 10.0 Å². The van der Waals surface area contributed by atoms with E-state index in [-0.39, 0.29) is 10.9 Å². The molecule has 1 aromatic rings. The molecular formula is C14H24N2O2S. The van der Waals surface area contributed by atoms with Crippen molar-refractivity contribution in [3.8, 4) is 0 Å². The van der Waals surface area contributed by atoms with Crippen LogP contribution in [0.1, 0.15) is 45.2 Å². The highest BCUT2D eigenvalue weighted by Crippen LogP contribution is 2.18. The van der Waals surface area contributed by atoms with Gasteiger partial charge in [-0.15, -0.1) is 0 Å². The fourth-order valence-electron chi connectivity index (χ4n) is 1.63. The van der Waals surface area contributed by atoms with E-state index in [1.807, 2.05) is 26.8 Å². The van der Waals surface area contributed by atoms with Crippen molar-refractivity contribution in [1.82, 2.24) is 4.72 Å². The van der Waals surface area contributed by atoms with Gasteiger partial charge in [0, 0.05) is 12.6 Å². The molecule has 0 spiro atoms. The lowest BCUT2D eigenvalue weighted by Crippen LogP contribution is -2.28. The normalized spacial score (nSPS) is 15.2. The zero-order valence-corrected chi connectivity index (χ0v) is 12.7. The first-order chi connectivity index (χ1) is 8.90. The van der Waals surface area contributed by atoms with Gasteiger partial charge in [-0.05, 0) is 30.0 Å². The van der Waals surface area contributed by atoms with E-state index in [1.54, 1.807) is 18.2 Å². The average Bonchev–Trinajstić information content (AvgIpc) is 2.44. The highest BCUT2D eigenvalue weighted by Gasteiger charge is 2.16.